The zero-order chi connectivity index (χ0) is 24.1. The number of methoxy groups -OCH3 is 1. The van der Waals surface area contributed by atoms with E-state index in [1.54, 1.807) is 31.4 Å². The fourth-order valence-electron chi connectivity index (χ4n) is 3.63. The highest BCUT2D eigenvalue weighted by atomic mass is 32.2. The third-order valence-electron chi connectivity index (χ3n) is 5.36. The van der Waals surface area contributed by atoms with Crippen molar-refractivity contribution in [2.75, 3.05) is 25.0 Å². The Labute approximate surface area is 198 Å². The standard InChI is InChI=1S/C25H26N2O6S/c1-17(21-9-3-4-10-22(21)31-2)26-25(28)18-7-5-8-19(15-18)27-34(29,30)20-11-12-23-24(16-20)33-14-6-13-32-23/h3-5,7-12,15-17,27H,6,13-14H2,1-2H3,(H,26,28)/t17-/m1/s1. The number of carbonyl (C=O) groups is 1. The lowest BCUT2D eigenvalue weighted by atomic mass is 10.1. The second-order valence-electron chi connectivity index (χ2n) is 7.78. The van der Waals surface area contributed by atoms with Crippen molar-refractivity contribution < 1.29 is 27.4 Å². The smallest absolute Gasteiger partial charge is 0.262 e. The van der Waals surface area contributed by atoms with Crippen molar-refractivity contribution >= 4 is 21.6 Å². The Morgan fingerprint density at radius 3 is 2.53 bits per heavy atom. The molecule has 1 aliphatic rings. The minimum atomic E-state index is -3.91. The maximum atomic E-state index is 13.0. The van der Waals surface area contributed by atoms with E-state index in [1.807, 2.05) is 31.2 Å². The molecule has 1 aliphatic heterocycles. The van der Waals surface area contributed by atoms with Gasteiger partial charge < -0.3 is 19.5 Å². The number of hydrogen-bond acceptors (Lipinski definition) is 6. The Morgan fingerprint density at radius 2 is 1.74 bits per heavy atom. The summed E-state index contributed by atoms with van der Waals surface area (Å²) in [5.74, 6) is 1.24. The summed E-state index contributed by atoms with van der Waals surface area (Å²) >= 11 is 0. The van der Waals surface area contributed by atoms with Crippen molar-refractivity contribution in [1.82, 2.24) is 5.32 Å². The molecule has 0 saturated heterocycles. The van der Waals surface area contributed by atoms with E-state index in [1.165, 1.54) is 18.2 Å². The molecule has 8 nitrogen and oxygen atoms in total. The van der Waals surface area contributed by atoms with E-state index in [4.69, 9.17) is 14.2 Å². The molecule has 0 radical (unpaired) electrons. The van der Waals surface area contributed by atoms with Crippen LogP contribution in [0.4, 0.5) is 5.69 Å². The lowest BCUT2D eigenvalue weighted by molar-refractivity contribution is 0.0939. The highest BCUT2D eigenvalue weighted by Gasteiger charge is 2.20. The van der Waals surface area contributed by atoms with Crippen LogP contribution in [0.3, 0.4) is 0 Å². The fourth-order valence-corrected chi connectivity index (χ4v) is 4.70. The molecule has 0 saturated carbocycles. The first-order chi connectivity index (χ1) is 16.4. The summed E-state index contributed by atoms with van der Waals surface area (Å²) < 4.78 is 45.0. The molecule has 9 heteroatoms. The van der Waals surface area contributed by atoms with Crippen LogP contribution in [-0.2, 0) is 10.0 Å². The Hall–Kier alpha value is -3.72. The molecule has 0 unspecified atom stereocenters. The highest BCUT2D eigenvalue weighted by molar-refractivity contribution is 7.92. The van der Waals surface area contributed by atoms with E-state index < -0.39 is 10.0 Å². The van der Waals surface area contributed by atoms with E-state index in [2.05, 4.69) is 10.0 Å². The van der Waals surface area contributed by atoms with E-state index >= 15 is 0 Å². The van der Waals surface area contributed by atoms with Gasteiger partial charge in [-0.05, 0) is 43.3 Å². The molecule has 0 aliphatic carbocycles. The SMILES string of the molecule is COc1ccccc1[C@@H](C)NC(=O)c1cccc(NS(=O)(=O)c2ccc3c(c2)OCCCO3)c1. The van der Waals surface area contributed by atoms with Gasteiger partial charge in [0.1, 0.15) is 5.75 Å². The van der Waals surface area contributed by atoms with E-state index in [-0.39, 0.29) is 22.5 Å². The number of fused-ring (bicyclic) bond motifs is 1. The maximum absolute atomic E-state index is 13.0. The molecule has 0 fully saturated rings. The summed E-state index contributed by atoms with van der Waals surface area (Å²) in [5, 5.41) is 2.92. The summed E-state index contributed by atoms with van der Waals surface area (Å²) in [6.45, 7) is 2.82. The predicted molar refractivity (Wildman–Crippen MR) is 128 cm³/mol. The van der Waals surface area contributed by atoms with Gasteiger partial charge in [0.15, 0.2) is 11.5 Å². The molecule has 1 amide bonds. The van der Waals surface area contributed by atoms with Crippen molar-refractivity contribution in [3.8, 4) is 17.2 Å². The van der Waals surface area contributed by atoms with Gasteiger partial charge in [0.2, 0.25) is 0 Å². The molecule has 0 bridgehead atoms. The molecule has 1 heterocycles. The average molecular weight is 483 g/mol. The van der Waals surface area contributed by atoms with Crippen LogP contribution in [0.15, 0.2) is 71.6 Å². The van der Waals surface area contributed by atoms with Crippen molar-refractivity contribution in [2.24, 2.45) is 0 Å². The zero-order valence-electron chi connectivity index (χ0n) is 18.9. The number of sulfonamides is 1. The minimum absolute atomic E-state index is 0.0383. The number of nitrogens with one attached hydrogen (secondary N) is 2. The third kappa shape index (κ3) is 5.26. The number of rotatable bonds is 7. The molecule has 3 aromatic rings. The summed E-state index contributed by atoms with van der Waals surface area (Å²) in [4.78, 5) is 12.9. The lowest BCUT2D eigenvalue weighted by Gasteiger charge is -2.17. The monoisotopic (exact) mass is 482 g/mol. The van der Waals surface area contributed by atoms with Crippen LogP contribution in [0.2, 0.25) is 0 Å². The van der Waals surface area contributed by atoms with Crippen LogP contribution in [0.5, 0.6) is 17.2 Å². The molecule has 0 spiro atoms. The third-order valence-corrected chi connectivity index (χ3v) is 6.74. The Bertz CT molecular complexity index is 1290. The molecular formula is C25H26N2O6S. The number of para-hydroxylation sites is 1. The maximum Gasteiger partial charge on any atom is 0.262 e. The number of anilines is 1. The molecule has 178 valence electrons. The van der Waals surface area contributed by atoms with Crippen molar-refractivity contribution in [2.45, 2.75) is 24.3 Å². The van der Waals surface area contributed by atoms with Crippen LogP contribution in [-0.4, -0.2) is 34.6 Å². The molecule has 1 atom stereocenters. The van der Waals surface area contributed by atoms with Crippen LogP contribution >= 0.6 is 0 Å². The molecule has 34 heavy (non-hydrogen) atoms. The Morgan fingerprint density at radius 1 is 0.971 bits per heavy atom. The van der Waals surface area contributed by atoms with Crippen LogP contribution in [0.1, 0.15) is 35.3 Å². The lowest BCUT2D eigenvalue weighted by Crippen LogP contribution is -2.27. The highest BCUT2D eigenvalue weighted by Crippen LogP contribution is 2.32. The van der Waals surface area contributed by atoms with Crippen molar-refractivity contribution in [3.63, 3.8) is 0 Å². The van der Waals surface area contributed by atoms with Crippen molar-refractivity contribution in [3.05, 3.63) is 77.9 Å². The largest absolute Gasteiger partial charge is 0.496 e. The topological polar surface area (TPSA) is 103 Å². The molecule has 3 aromatic carbocycles. The minimum Gasteiger partial charge on any atom is -0.496 e. The van der Waals surface area contributed by atoms with Gasteiger partial charge in [-0.3, -0.25) is 9.52 Å². The first kappa shape index (κ1) is 23.4. The predicted octanol–water partition coefficient (Wildman–Crippen LogP) is 4.15. The first-order valence-corrected chi connectivity index (χ1v) is 12.3. The van der Waals surface area contributed by atoms with Gasteiger partial charge in [0, 0.05) is 29.3 Å². The number of amides is 1. The molecule has 2 N–H and O–H groups in total. The normalized spacial score (nSPS) is 13.9. The van der Waals surface area contributed by atoms with Gasteiger partial charge in [0.05, 0.1) is 31.3 Å². The summed E-state index contributed by atoms with van der Waals surface area (Å²) in [6.07, 6.45) is 0.722. The van der Waals surface area contributed by atoms with Crippen molar-refractivity contribution in [1.29, 1.82) is 0 Å². The number of benzene rings is 3. The number of hydrogen-bond donors (Lipinski definition) is 2. The molecular weight excluding hydrogens is 456 g/mol. The van der Waals surface area contributed by atoms with Gasteiger partial charge in [-0.2, -0.15) is 0 Å². The average Bonchev–Trinajstić information content (AvgIpc) is 3.09. The number of ether oxygens (including phenoxy) is 3. The zero-order valence-corrected chi connectivity index (χ0v) is 19.7. The summed E-state index contributed by atoms with van der Waals surface area (Å²) in [6, 6.07) is 17.9. The van der Waals surface area contributed by atoms with Crippen LogP contribution in [0, 0.1) is 0 Å². The van der Waals surface area contributed by atoms with E-state index in [9.17, 15) is 13.2 Å². The molecule has 4 rings (SSSR count). The fraction of sp³-hybridized carbons (Fsp3) is 0.240. The first-order valence-electron chi connectivity index (χ1n) is 10.8. The van der Waals surface area contributed by atoms with E-state index in [0.717, 1.165) is 12.0 Å². The van der Waals surface area contributed by atoms with Gasteiger partial charge >= 0.3 is 0 Å². The van der Waals surface area contributed by atoms with Crippen LogP contribution in [0.25, 0.3) is 0 Å². The second-order valence-corrected chi connectivity index (χ2v) is 9.46. The Kier molecular flexibility index (Phi) is 6.93. The quantitative estimate of drug-likeness (QED) is 0.525. The van der Waals surface area contributed by atoms with Gasteiger partial charge in [-0.15, -0.1) is 0 Å². The second kappa shape index (κ2) is 10.0. The number of carbonyl (C=O) groups excluding carboxylic acids is 1. The van der Waals surface area contributed by atoms with E-state index in [0.29, 0.717) is 36.0 Å². The van der Waals surface area contributed by atoms with Gasteiger partial charge in [-0.25, -0.2) is 8.42 Å². The molecule has 0 aromatic heterocycles. The summed E-state index contributed by atoms with van der Waals surface area (Å²) in [7, 11) is -2.33. The van der Waals surface area contributed by atoms with Gasteiger partial charge in [0.25, 0.3) is 15.9 Å². The van der Waals surface area contributed by atoms with Crippen LogP contribution < -0.4 is 24.2 Å². The summed E-state index contributed by atoms with van der Waals surface area (Å²) in [5.41, 5.74) is 1.43. The van der Waals surface area contributed by atoms with Gasteiger partial charge in [-0.1, -0.05) is 24.3 Å². The Balaban J connectivity index is 1.50.